The molecule has 270 valence electrons. The summed E-state index contributed by atoms with van der Waals surface area (Å²) in [4.78, 5) is 15.3. The molecular formula is C38H64N6O4. The molecule has 1 aromatic rings. The monoisotopic (exact) mass is 668 g/mol. The largest absolute Gasteiger partial charge is 0.481 e. The molecule has 48 heavy (non-hydrogen) atoms. The first-order valence-electron chi connectivity index (χ1n) is 18.7. The third-order valence-electron chi connectivity index (χ3n) is 16.1. The lowest BCUT2D eigenvalue weighted by molar-refractivity contribution is -0.313. The molecule has 4 N–H and O–H groups in total. The molecule has 3 saturated carbocycles. The van der Waals surface area contributed by atoms with Crippen molar-refractivity contribution >= 4 is 11.9 Å². The lowest BCUT2D eigenvalue weighted by atomic mass is 9.34. The van der Waals surface area contributed by atoms with E-state index in [-0.39, 0.29) is 45.1 Å². The molecule has 0 aromatic carbocycles. The smallest absolute Gasteiger partial charge is 0.307 e. The van der Waals surface area contributed by atoms with Crippen molar-refractivity contribution in [3.63, 3.8) is 0 Å². The highest BCUT2D eigenvalue weighted by molar-refractivity contribution is 5.73. The van der Waals surface area contributed by atoms with Crippen LogP contribution in [0.3, 0.4) is 0 Å². The van der Waals surface area contributed by atoms with Crippen molar-refractivity contribution in [2.45, 2.75) is 132 Å². The Morgan fingerprint density at radius 2 is 1.85 bits per heavy atom. The van der Waals surface area contributed by atoms with E-state index >= 15 is 0 Å². The summed E-state index contributed by atoms with van der Waals surface area (Å²) in [6.07, 6.45) is 8.53. The Morgan fingerprint density at radius 3 is 2.44 bits per heavy atom. The zero-order valence-corrected chi connectivity index (χ0v) is 31.6. The number of allylic oxidation sites excluding steroid dienone is 1. The van der Waals surface area contributed by atoms with E-state index in [2.05, 4.69) is 96.0 Å². The van der Waals surface area contributed by atoms with Gasteiger partial charge in [-0.25, -0.2) is 0 Å². The van der Waals surface area contributed by atoms with Crippen molar-refractivity contribution < 1.29 is 19.4 Å². The Labute approximate surface area is 288 Å². The molecular weight excluding hydrogens is 604 g/mol. The van der Waals surface area contributed by atoms with E-state index in [0.29, 0.717) is 36.9 Å². The molecule has 6 rings (SSSR count). The van der Waals surface area contributed by atoms with Crippen molar-refractivity contribution in [1.29, 1.82) is 0 Å². The molecule has 2 heterocycles. The highest BCUT2D eigenvalue weighted by Crippen LogP contribution is 2.76. The molecule has 5 aliphatic rings. The predicted octanol–water partition coefficient (Wildman–Crippen LogP) is 6.75. The number of carboxylic acids is 1. The van der Waals surface area contributed by atoms with E-state index in [1.165, 1.54) is 5.57 Å². The first-order chi connectivity index (χ1) is 22.3. The normalized spacial score (nSPS) is 44.3. The van der Waals surface area contributed by atoms with E-state index in [1.54, 1.807) is 4.80 Å². The van der Waals surface area contributed by atoms with Gasteiger partial charge in [0.15, 0.2) is 6.29 Å². The van der Waals surface area contributed by atoms with Crippen LogP contribution in [-0.4, -0.2) is 63.4 Å². The second-order valence-corrected chi connectivity index (χ2v) is 18.7. The number of fused-ring (bicyclic) bond motifs is 3. The van der Waals surface area contributed by atoms with Gasteiger partial charge in [0.2, 0.25) is 0 Å². The number of hydrogen-bond acceptors (Lipinski definition) is 8. The minimum absolute atomic E-state index is 0.000839. The fourth-order valence-electron chi connectivity index (χ4n) is 12.2. The highest BCUT2D eigenvalue weighted by Gasteiger charge is 2.72. The van der Waals surface area contributed by atoms with E-state index < -0.39 is 23.6 Å². The molecule has 1 unspecified atom stereocenters. The molecule has 1 saturated heterocycles. The minimum Gasteiger partial charge on any atom is -0.481 e. The maximum Gasteiger partial charge on any atom is 0.307 e. The SMILES string of the molecule is CN[C@@](C)(COC1OC[C@]2(C)C[C@@H](n3nnc(N)n3)C[C@@]13C1=CC[C@@]4(C)[C@H](C(=O)O)[C@@](C)([C@H](C)C(C)C)CC[C@]4(C)[C@H]1CC[C@H]23)C(C)C. The van der Waals surface area contributed by atoms with Crippen LogP contribution in [0.2, 0.25) is 0 Å². The Bertz CT molecular complexity index is 1430. The Morgan fingerprint density at radius 1 is 1.15 bits per heavy atom. The van der Waals surface area contributed by atoms with Crippen LogP contribution in [0, 0.1) is 62.6 Å². The van der Waals surface area contributed by atoms with Gasteiger partial charge >= 0.3 is 5.97 Å². The molecule has 4 aliphatic carbocycles. The third kappa shape index (κ3) is 4.88. The number of aliphatic carboxylic acids is 1. The van der Waals surface area contributed by atoms with Gasteiger partial charge in [0.05, 0.1) is 25.2 Å². The van der Waals surface area contributed by atoms with Gasteiger partial charge in [-0.15, -0.1) is 5.10 Å². The van der Waals surface area contributed by atoms with Crippen LogP contribution < -0.4 is 11.1 Å². The molecule has 12 atom stereocenters. The van der Waals surface area contributed by atoms with Gasteiger partial charge in [-0.1, -0.05) is 79.1 Å². The van der Waals surface area contributed by atoms with Crippen molar-refractivity contribution in [3.05, 3.63) is 11.6 Å². The van der Waals surface area contributed by atoms with Crippen LogP contribution in [-0.2, 0) is 14.3 Å². The van der Waals surface area contributed by atoms with E-state index in [9.17, 15) is 9.90 Å². The first kappa shape index (κ1) is 35.8. The molecule has 10 heteroatoms. The molecule has 1 aliphatic heterocycles. The number of aromatic nitrogens is 4. The maximum absolute atomic E-state index is 13.5. The summed E-state index contributed by atoms with van der Waals surface area (Å²) in [7, 11) is 2.01. The molecule has 10 nitrogen and oxygen atoms in total. The van der Waals surface area contributed by atoms with Crippen LogP contribution in [0.15, 0.2) is 11.6 Å². The van der Waals surface area contributed by atoms with E-state index in [1.807, 2.05) is 7.05 Å². The number of rotatable bonds is 9. The molecule has 1 aromatic heterocycles. The van der Waals surface area contributed by atoms with Gasteiger partial charge < -0.3 is 25.6 Å². The summed E-state index contributed by atoms with van der Waals surface area (Å²) in [5.74, 6) is 0.794. The van der Waals surface area contributed by atoms with Gasteiger partial charge in [0.1, 0.15) is 0 Å². The summed E-state index contributed by atoms with van der Waals surface area (Å²) < 4.78 is 14.0. The van der Waals surface area contributed by atoms with Gasteiger partial charge in [-0.3, -0.25) is 4.79 Å². The summed E-state index contributed by atoms with van der Waals surface area (Å²) >= 11 is 0. The predicted molar refractivity (Wildman–Crippen MR) is 187 cm³/mol. The lowest BCUT2D eigenvalue weighted by Crippen LogP contribution is -2.69. The number of nitrogens with one attached hydrogen (secondary N) is 1. The summed E-state index contributed by atoms with van der Waals surface area (Å²) in [5, 5.41) is 27.7. The molecule has 0 radical (unpaired) electrons. The summed E-state index contributed by atoms with van der Waals surface area (Å²) in [6.45, 7) is 24.0. The average Bonchev–Trinajstić information content (AvgIpc) is 3.46. The Balaban J connectivity index is 1.49. The van der Waals surface area contributed by atoms with Gasteiger partial charge in [0.25, 0.3) is 5.95 Å². The first-order valence-corrected chi connectivity index (χ1v) is 18.7. The Hall–Kier alpha value is -2.04. The summed E-state index contributed by atoms with van der Waals surface area (Å²) in [6, 6.07) is 0.000839. The summed E-state index contributed by atoms with van der Waals surface area (Å²) in [5.41, 5.74) is 5.87. The van der Waals surface area contributed by atoms with Gasteiger partial charge in [0, 0.05) is 11.0 Å². The van der Waals surface area contributed by atoms with Crippen LogP contribution in [0.1, 0.15) is 120 Å². The van der Waals surface area contributed by atoms with Crippen LogP contribution >= 0.6 is 0 Å². The number of nitrogens with two attached hydrogens (primary N) is 1. The van der Waals surface area contributed by atoms with E-state index in [0.717, 1.165) is 44.9 Å². The second-order valence-electron chi connectivity index (χ2n) is 18.7. The third-order valence-corrected chi connectivity index (χ3v) is 16.1. The maximum atomic E-state index is 13.5. The number of hydrogen-bond donors (Lipinski definition) is 3. The van der Waals surface area contributed by atoms with Gasteiger partial charge in [-0.05, 0) is 115 Å². The minimum atomic E-state index is -0.635. The zero-order valence-electron chi connectivity index (χ0n) is 31.6. The molecule has 2 bridgehead atoms. The topological polar surface area (TPSA) is 137 Å². The number of nitrogen functional groups attached to an aromatic ring is 1. The highest BCUT2D eigenvalue weighted by atomic mass is 16.7. The van der Waals surface area contributed by atoms with Crippen molar-refractivity contribution in [1.82, 2.24) is 25.5 Å². The fourth-order valence-corrected chi connectivity index (χ4v) is 12.2. The van der Waals surface area contributed by atoms with Crippen LogP contribution in [0.4, 0.5) is 5.95 Å². The number of tetrazole rings is 1. The van der Waals surface area contributed by atoms with E-state index in [4.69, 9.17) is 15.2 Å². The van der Waals surface area contributed by atoms with Crippen molar-refractivity contribution in [2.75, 3.05) is 26.0 Å². The van der Waals surface area contributed by atoms with Crippen molar-refractivity contribution in [2.24, 2.45) is 62.6 Å². The number of nitrogens with zero attached hydrogens (tertiary/aromatic N) is 4. The average molecular weight is 669 g/mol. The Kier molecular flexibility index (Phi) is 8.76. The number of ether oxygens (including phenoxy) is 2. The van der Waals surface area contributed by atoms with Crippen LogP contribution in [0.5, 0.6) is 0 Å². The zero-order chi connectivity index (χ0) is 35.2. The number of anilines is 1. The molecule has 0 spiro atoms. The van der Waals surface area contributed by atoms with Crippen molar-refractivity contribution in [3.8, 4) is 0 Å². The quantitative estimate of drug-likeness (QED) is 0.244. The number of likely N-dealkylation sites (N-methyl/N-ethyl adjacent to an activating group) is 1. The fraction of sp³-hybridized carbons (Fsp3) is 0.895. The second kappa shape index (κ2) is 11.8. The number of carboxylic acid groups (broad SMARTS) is 1. The molecule has 4 fully saturated rings. The van der Waals surface area contributed by atoms with Crippen LogP contribution in [0.25, 0.3) is 0 Å². The standard InChI is InChI=1S/C38H64N6O4/c1-22(2)24(5)34(7)16-17-35(8)26-12-13-28-33(6)18-25(44-42-32(39)41-43-44)19-38(28,27(26)14-15-36(35,9)29(34)30(45)46)31(47-20-33)48-21-37(10,40-11)23(3)4/h14,22-26,28-29,31,40H,12-13,15-21H2,1-11H3,(H2,39,42)(H,45,46)/t24-,25-,26+,28-,29-,31?,33+,34-,35-,36+,37+,38+/m1/s1. The molecule has 0 amide bonds. The number of carbonyl (C=O) groups is 1. The lowest BCUT2D eigenvalue weighted by Gasteiger charge is -2.71. The van der Waals surface area contributed by atoms with Gasteiger partial charge in [-0.2, -0.15) is 4.80 Å².